The van der Waals surface area contributed by atoms with Crippen LogP contribution in [-0.2, 0) is 16.0 Å². The van der Waals surface area contributed by atoms with Crippen molar-refractivity contribution in [2.45, 2.75) is 40.0 Å². The van der Waals surface area contributed by atoms with Crippen molar-refractivity contribution in [2.24, 2.45) is 5.92 Å². The van der Waals surface area contributed by atoms with Gasteiger partial charge in [0.25, 0.3) is 0 Å². The molecule has 0 N–H and O–H groups in total. The van der Waals surface area contributed by atoms with E-state index in [0.29, 0.717) is 17.8 Å². The highest BCUT2D eigenvalue weighted by Gasteiger charge is 2.30. The van der Waals surface area contributed by atoms with Gasteiger partial charge in [-0.05, 0) is 56.9 Å². The lowest BCUT2D eigenvalue weighted by Gasteiger charge is -2.35. The van der Waals surface area contributed by atoms with E-state index in [4.69, 9.17) is 9.72 Å². The fourth-order valence-electron chi connectivity index (χ4n) is 5.20. The molecule has 35 heavy (non-hydrogen) atoms. The zero-order valence-corrected chi connectivity index (χ0v) is 20.5. The van der Waals surface area contributed by atoms with Crippen LogP contribution in [-0.4, -0.2) is 35.1 Å². The number of imidazole rings is 1. The maximum absolute atomic E-state index is 12.4. The Labute approximate surface area is 205 Å². The van der Waals surface area contributed by atoms with Crippen LogP contribution < -0.4 is 4.90 Å². The molecule has 0 radical (unpaired) electrons. The Bertz CT molecular complexity index is 1440. The minimum absolute atomic E-state index is 0.0683. The topological polar surface area (TPSA) is 70.6 Å². The maximum atomic E-state index is 12.4. The van der Waals surface area contributed by atoms with Gasteiger partial charge in [-0.3, -0.25) is 9.20 Å². The SMILES string of the molecule is CCOC(=O)C1CCN(c2c(Cc3ccc(C)cc3)c(C)c(C#N)c3nc4ccccc4n23)CC1. The number of esters is 1. The second-order valence-electron chi connectivity index (χ2n) is 9.35. The summed E-state index contributed by atoms with van der Waals surface area (Å²) < 4.78 is 7.45. The number of ether oxygens (including phenoxy) is 1. The maximum Gasteiger partial charge on any atom is 0.309 e. The molecule has 0 spiro atoms. The molecule has 1 saturated heterocycles. The molecule has 1 aliphatic heterocycles. The first-order chi connectivity index (χ1) is 17.0. The predicted molar refractivity (Wildman–Crippen MR) is 138 cm³/mol. The van der Waals surface area contributed by atoms with Crippen molar-refractivity contribution < 1.29 is 9.53 Å². The first-order valence-electron chi connectivity index (χ1n) is 12.3. The van der Waals surface area contributed by atoms with E-state index in [9.17, 15) is 10.1 Å². The number of para-hydroxylation sites is 2. The van der Waals surface area contributed by atoms with Crippen LogP contribution in [0, 0.1) is 31.1 Å². The van der Waals surface area contributed by atoms with Gasteiger partial charge in [-0.25, -0.2) is 4.98 Å². The van der Waals surface area contributed by atoms with Crippen LogP contribution in [0.3, 0.4) is 0 Å². The van der Waals surface area contributed by atoms with E-state index >= 15 is 0 Å². The lowest BCUT2D eigenvalue weighted by Crippen LogP contribution is -2.38. The first kappa shape index (κ1) is 22.9. The number of carbonyl (C=O) groups excluding carboxylic acids is 1. The van der Waals surface area contributed by atoms with Gasteiger partial charge in [-0.15, -0.1) is 0 Å². The van der Waals surface area contributed by atoms with Gasteiger partial charge >= 0.3 is 5.97 Å². The first-order valence-corrected chi connectivity index (χ1v) is 12.3. The van der Waals surface area contributed by atoms with Crippen molar-refractivity contribution in [3.8, 4) is 6.07 Å². The van der Waals surface area contributed by atoms with Crippen LogP contribution in [0.2, 0.25) is 0 Å². The summed E-state index contributed by atoms with van der Waals surface area (Å²) in [6, 6.07) is 19.1. The number of pyridine rings is 1. The van der Waals surface area contributed by atoms with E-state index in [-0.39, 0.29) is 11.9 Å². The van der Waals surface area contributed by atoms with Crippen LogP contribution in [0.25, 0.3) is 16.7 Å². The van der Waals surface area contributed by atoms with Crippen molar-refractivity contribution in [3.05, 3.63) is 76.3 Å². The Morgan fingerprint density at radius 2 is 1.83 bits per heavy atom. The molecule has 2 aromatic carbocycles. The molecule has 6 heteroatoms. The van der Waals surface area contributed by atoms with Gasteiger partial charge < -0.3 is 9.64 Å². The normalized spacial score (nSPS) is 14.4. The standard InChI is InChI=1S/C29H30N4O2/c1-4-35-29(34)22-13-15-32(16-14-22)28-23(17-21-11-9-19(2)10-12-21)20(3)24(18-30)27-31-25-7-5-6-8-26(25)33(27)28/h5-12,22H,4,13-17H2,1-3H3. The molecule has 5 rings (SSSR count). The summed E-state index contributed by atoms with van der Waals surface area (Å²) in [5, 5.41) is 10.1. The number of piperidine rings is 1. The Balaban J connectivity index is 1.68. The van der Waals surface area contributed by atoms with E-state index in [1.807, 2.05) is 32.0 Å². The third kappa shape index (κ3) is 4.12. The summed E-state index contributed by atoms with van der Waals surface area (Å²) >= 11 is 0. The zero-order valence-electron chi connectivity index (χ0n) is 20.5. The van der Waals surface area contributed by atoms with Gasteiger partial charge in [-0.1, -0.05) is 42.0 Å². The quantitative estimate of drug-likeness (QED) is 0.371. The molecule has 0 bridgehead atoms. The van der Waals surface area contributed by atoms with Gasteiger partial charge in [0.05, 0.1) is 29.1 Å². The van der Waals surface area contributed by atoms with Crippen molar-refractivity contribution >= 4 is 28.5 Å². The van der Waals surface area contributed by atoms with E-state index in [0.717, 1.165) is 60.3 Å². The van der Waals surface area contributed by atoms with Gasteiger partial charge in [-0.2, -0.15) is 5.26 Å². The third-order valence-electron chi connectivity index (χ3n) is 7.12. The highest BCUT2D eigenvalue weighted by atomic mass is 16.5. The number of fused-ring (bicyclic) bond motifs is 3. The van der Waals surface area contributed by atoms with Crippen LogP contribution in [0.15, 0.2) is 48.5 Å². The second-order valence-corrected chi connectivity index (χ2v) is 9.35. The monoisotopic (exact) mass is 466 g/mol. The van der Waals surface area contributed by atoms with Crippen molar-refractivity contribution in [1.29, 1.82) is 5.26 Å². The van der Waals surface area contributed by atoms with E-state index < -0.39 is 0 Å². The largest absolute Gasteiger partial charge is 0.466 e. The average Bonchev–Trinajstić information content (AvgIpc) is 3.25. The number of nitriles is 1. The Morgan fingerprint density at radius 1 is 1.11 bits per heavy atom. The predicted octanol–water partition coefficient (Wildman–Crippen LogP) is 5.35. The van der Waals surface area contributed by atoms with Crippen LogP contribution in [0.1, 0.15) is 47.6 Å². The molecule has 6 nitrogen and oxygen atoms in total. The van der Waals surface area contributed by atoms with Gasteiger partial charge in [0.2, 0.25) is 0 Å². The fourth-order valence-corrected chi connectivity index (χ4v) is 5.20. The number of benzene rings is 2. The van der Waals surface area contributed by atoms with Crippen LogP contribution in [0.4, 0.5) is 5.82 Å². The highest BCUT2D eigenvalue weighted by molar-refractivity contribution is 5.86. The molecular formula is C29H30N4O2. The minimum atomic E-state index is -0.0961. The van der Waals surface area contributed by atoms with Gasteiger partial charge in [0, 0.05) is 25.1 Å². The van der Waals surface area contributed by atoms with Gasteiger partial charge in [0.1, 0.15) is 11.9 Å². The molecule has 0 atom stereocenters. The summed E-state index contributed by atoms with van der Waals surface area (Å²) in [4.78, 5) is 19.6. The number of aromatic nitrogens is 2. The number of anilines is 1. The van der Waals surface area contributed by atoms with E-state index in [2.05, 4.69) is 52.6 Å². The minimum Gasteiger partial charge on any atom is -0.466 e. The molecule has 0 amide bonds. The number of aryl methyl sites for hydroxylation is 1. The molecule has 4 aromatic rings. The molecule has 0 unspecified atom stereocenters. The van der Waals surface area contributed by atoms with Crippen molar-refractivity contribution in [1.82, 2.24) is 9.38 Å². The van der Waals surface area contributed by atoms with Gasteiger partial charge in [0.15, 0.2) is 5.65 Å². The number of nitrogens with zero attached hydrogens (tertiary/aromatic N) is 4. The summed E-state index contributed by atoms with van der Waals surface area (Å²) in [5.74, 6) is 0.913. The summed E-state index contributed by atoms with van der Waals surface area (Å²) in [5.41, 5.74) is 7.71. The fraction of sp³-hybridized carbons (Fsp3) is 0.345. The lowest BCUT2D eigenvalue weighted by molar-refractivity contribution is -0.148. The lowest BCUT2D eigenvalue weighted by atomic mass is 9.94. The second kappa shape index (κ2) is 9.42. The number of carbonyl (C=O) groups is 1. The summed E-state index contributed by atoms with van der Waals surface area (Å²) in [7, 11) is 0. The Morgan fingerprint density at radius 3 is 2.51 bits per heavy atom. The molecule has 0 aliphatic carbocycles. The Hall–Kier alpha value is -3.85. The molecule has 1 fully saturated rings. The molecule has 3 heterocycles. The van der Waals surface area contributed by atoms with Crippen LogP contribution >= 0.6 is 0 Å². The summed E-state index contributed by atoms with van der Waals surface area (Å²) in [6.45, 7) is 7.89. The number of hydrogen-bond acceptors (Lipinski definition) is 5. The number of rotatable bonds is 5. The van der Waals surface area contributed by atoms with E-state index in [1.54, 1.807) is 0 Å². The molecular weight excluding hydrogens is 436 g/mol. The molecule has 1 aliphatic rings. The molecule has 0 saturated carbocycles. The molecule has 2 aromatic heterocycles. The molecule has 178 valence electrons. The zero-order chi connectivity index (χ0) is 24.5. The number of hydrogen-bond donors (Lipinski definition) is 0. The highest BCUT2D eigenvalue weighted by Crippen LogP contribution is 2.36. The van der Waals surface area contributed by atoms with E-state index in [1.165, 1.54) is 11.1 Å². The Kier molecular flexibility index (Phi) is 6.17. The average molecular weight is 467 g/mol. The van der Waals surface area contributed by atoms with Crippen LogP contribution in [0.5, 0.6) is 0 Å². The third-order valence-corrected chi connectivity index (χ3v) is 7.12. The smallest absolute Gasteiger partial charge is 0.309 e. The van der Waals surface area contributed by atoms with Crippen molar-refractivity contribution in [2.75, 3.05) is 24.6 Å². The summed E-state index contributed by atoms with van der Waals surface area (Å²) in [6.07, 6.45) is 2.21. The van der Waals surface area contributed by atoms with Crippen molar-refractivity contribution in [3.63, 3.8) is 0 Å².